The Morgan fingerprint density at radius 2 is 1.67 bits per heavy atom. The van der Waals surface area contributed by atoms with Gasteiger partial charge in [-0.15, -0.1) is 0 Å². The fourth-order valence-electron chi connectivity index (χ4n) is 5.29. The number of hydrogen-bond acceptors (Lipinski definition) is 11. The number of nitrogens with zero attached hydrogens (tertiary/aromatic N) is 4. The Kier molecular flexibility index (Phi) is 6.69. The Bertz CT molecular complexity index is 1650. The molecule has 202 valence electrons. The molecule has 0 saturated heterocycles. The zero-order valence-electron chi connectivity index (χ0n) is 22.0. The molecule has 3 aromatic carbocycles. The van der Waals surface area contributed by atoms with E-state index in [1.54, 1.807) is 32.4 Å². The highest BCUT2D eigenvalue weighted by Crippen LogP contribution is 2.51. The summed E-state index contributed by atoms with van der Waals surface area (Å²) in [5.41, 5.74) is 3.51. The minimum Gasteiger partial charge on any atom is -0.493 e. The molecule has 0 aliphatic heterocycles. The van der Waals surface area contributed by atoms with Crippen molar-refractivity contribution in [2.24, 2.45) is 0 Å². The number of ether oxygens (including phenoxy) is 4. The summed E-state index contributed by atoms with van der Waals surface area (Å²) in [7, 11) is 7.94. The smallest absolute Gasteiger partial charge is 0.300 e. The maximum absolute atomic E-state index is 13.2. The Morgan fingerprint density at radius 3 is 2.33 bits per heavy atom. The van der Waals surface area contributed by atoms with Gasteiger partial charge in [-0.3, -0.25) is 14.9 Å². The van der Waals surface area contributed by atoms with Crippen LogP contribution in [0.5, 0.6) is 23.0 Å². The number of benzene rings is 2. The summed E-state index contributed by atoms with van der Waals surface area (Å²) in [5, 5.41) is 19.3. The van der Waals surface area contributed by atoms with Gasteiger partial charge in [0, 0.05) is 18.7 Å². The molecule has 0 spiro atoms. The highest BCUT2D eigenvalue weighted by molar-refractivity contribution is 5.94. The number of aryl methyl sites for hydroxylation is 1. The van der Waals surface area contributed by atoms with Crippen LogP contribution in [0.15, 0.2) is 45.8 Å². The lowest BCUT2D eigenvalue weighted by atomic mass is 9.95. The van der Waals surface area contributed by atoms with Gasteiger partial charge in [-0.1, -0.05) is 6.07 Å². The van der Waals surface area contributed by atoms with Gasteiger partial charge in [0.05, 0.1) is 45.1 Å². The minimum absolute atomic E-state index is 0.0439. The van der Waals surface area contributed by atoms with Crippen molar-refractivity contribution in [3.05, 3.63) is 67.9 Å². The van der Waals surface area contributed by atoms with Crippen molar-refractivity contribution in [1.29, 1.82) is 0 Å². The molecule has 39 heavy (non-hydrogen) atoms. The summed E-state index contributed by atoms with van der Waals surface area (Å²) >= 11 is 0. The van der Waals surface area contributed by atoms with Gasteiger partial charge in [0.25, 0.3) is 0 Å². The first-order valence-corrected chi connectivity index (χ1v) is 12.0. The molecule has 0 radical (unpaired) electrons. The molecule has 0 amide bonds. The number of fused-ring (bicyclic) bond motifs is 4. The van der Waals surface area contributed by atoms with E-state index < -0.39 is 4.92 Å². The van der Waals surface area contributed by atoms with E-state index in [0.29, 0.717) is 41.3 Å². The van der Waals surface area contributed by atoms with Crippen molar-refractivity contribution < 1.29 is 28.5 Å². The highest BCUT2D eigenvalue weighted by Gasteiger charge is 2.32. The van der Waals surface area contributed by atoms with Crippen molar-refractivity contribution in [2.45, 2.75) is 18.9 Å². The molecule has 1 unspecified atom stereocenters. The Morgan fingerprint density at radius 1 is 0.949 bits per heavy atom. The molecule has 1 aliphatic carbocycles. The predicted octanol–water partition coefficient (Wildman–Crippen LogP) is 4.32. The van der Waals surface area contributed by atoms with Crippen LogP contribution in [-0.2, 0) is 6.42 Å². The predicted molar refractivity (Wildman–Crippen MR) is 142 cm³/mol. The third-order valence-electron chi connectivity index (χ3n) is 7.11. The molecular weight excluding hydrogens is 508 g/mol. The maximum Gasteiger partial charge on any atom is 0.300 e. The van der Waals surface area contributed by atoms with Crippen molar-refractivity contribution >= 4 is 22.4 Å². The van der Waals surface area contributed by atoms with Crippen molar-refractivity contribution in [3.63, 3.8) is 0 Å². The zero-order chi connectivity index (χ0) is 27.8. The van der Waals surface area contributed by atoms with E-state index in [1.165, 1.54) is 20.3 Å². The zero-order valence-corrected chi connectivity index (χ0v) is 22.0. The first kappa shape index (κ1) is 25.8. The van der Waals surface area contributed by atoms with Gasteiger partial charge >= 0.3 is 5.69 Å². The van der Waals surface area contributed by atoms with Crippen molar-refractivity contribution in [2.75, 3.05) is 40.4 Å². The van der Waals surface area contributed by atoms with Crippen LogP contribution in [0.2, 0.25) is 0 Å². The molecule has 0 saturated carbocycles. The normalized spacial score (nSPS) is 14.1. The summed E-state index contributed by atoms with van der Waals surface area (Å²) < 4.78 is 27.3. The Balaban J connectivity index is 1.78. The number of nitro groups is 1. The first-order valence-electron chi connectivity index (χ1n) is 12.0. The van der Waals surface area contributed by atoms with Crippen LogP contribution in [0.1, 0.15) is 23.6 Å². The lowest BCUT2D eigenvalue weighted by Crippen LogP contribution is -2.25. The van der Waals surface area contributed by atoms with Crippen LogP contribution in [0.4, 0.5) is 11.4 Å². The summed E-state index contributed by atoms with van der Waals surface area (Å²) in [6.07, 6.45) is 1.17. The average molecular weight is 535 g/mol. The Labute approximate surface area is 222 Å². The largest absolute Gasteiger partial charge is 0.493 e. The third-order valence-corrected chi connectivity index (χ3v) is 7.11. The second-order valence-electron chi connectivity index (χ2n) is 8.95. The molecule has 5 rings (SSSR count). The molecule has 4 aromatic rings. The molecule has 12 nitrogen and oxygen atoms in total. The van der Waals surface area contributed by atoms with Crippen molar-refractivity contribution in [3.8, 4) is 34.1 Å². The SMILES string of the molecule is COc1cc2c(c(OC)c1OC)-c1ccc(OC)c(=O)cc1C(N(C)c1ccc([N+](=O)[O-])c3nonc13)CC2. The van der Waals surface area contributed by atoms with E-state index >= 15 is 0 Å². The number of nitro benzene ring substituents is 1. The number of rotatable bonds is 7. The molecule has 1 aliphatic rings. The van der Waals surface area contributed by atoms with Crippen LogP contribution < -0.4 is 29.3 Å². The van der Waals surface area contributed by atoms with Crippen LogP contribution in [0, 0.1) is 10.1 Å². The molecule has 1 atom stereocenters. The third kappa shape index (κ3) is 4.13. The van der Waals surface area contributed by atoms with Crippen LogP contribution in [0.25, 0.3) is 22.2 Å². The fraction of sp³-hybridized carbons (Fsp3) is 0.296. The van der Waals surface area contributed by atoms with E-state index in [4.69, 9.17) is 23.6 Å². The Hall–Kier alpha value is -4.87. The lowest BCUT2D eigenvalue weighted by Gasteiger charge is -2.30. The van der Waals surface area contributed by atoms with Gasteiger partial charge in [-0.2, -0.15) is 0 Å². The molecule has 0 bridgehead atoms. The summed E-state index contributed by atoms with van der Waals surface area (Å²) in [6, 6.07) is 9.56. The van der Waals surface area contributed by atoms with Gasteiger partial charge in [0.1, 0.15) is 0 Å². The minimum atomic E-state index is -0.531. The van der Waals surface area contributed by atoms with E-state index in [9.17, 15) is 14.9 Å². The average Bonchev–Trinajstić information content (AvgIpc) is 3.30. The highest BCUT2D eigenvalue weighted by atomic mass is 16.6. The van der Waals surface area contributed by atoms with E-state index in [0.717, 1.165) is 16.7 Å². The summed E-state index contributed by atoms with van der Waals surface area (Å²) in [5.74, 6) is 1.62. The number of aromatic nitrogens is 2. The number of anilines is 1. The standard InChI is InChI=1S/C27H26N4O8/c1-30(18-9-10-19(31(33)34)25-24(18)28-39-29-25)17-8-6-14-12-22(36-3)26(37-4)27(38-5)23(14)15-7-11-21(35-2)20(32)13-16(15)17/h7,9-13,17H,6,8H2,1-5H3. The van der Waals surface area contributed by atoms with Gasteiger partial charge in [-0.25, -0.2) is 4.63 Å². The van der Waals surface area contributed by atoms with Gasteiger partial charge in [0.2, 0.25) is 16.7 Å². The van der Waals surface area contributed by atoms with Gasteiger partial charge < -0.3 is 23.8 Å². The number of methoxy groups -OCH3 is 4. The van der Waals surface area contributed by atoms with E-state index in [-0.39, 0.29) is 33.9 Å². The van der Waals surface area contributed by atoms with Crippen LogP contribution in [-0.4, -0.2) is 50.7 Å². The topological polar surface area (TPSA) is 139 Å². The van der Waals surface area contributed by atoms with Gasteiger partial charge in [-0.05, 0) is 64.1 Å². The first-order chi connectivity index (χ1) is 18.8. The summed E-state index contributed by atoms with van der Waals surface area (Å²) in [6.45, 7) is 0. The number of non-ortho nitro benzene ring substituents is 1. The lowest BCUT2D eigenvalue weighted by molar-refractivity contribution is -0.383. The van der Waals surface area contributed by atoms with Crippen molar-refractivity contribution in [1.82, 2.24) is 10.3 Å². The van der Waals surface area contributed by atoms with Crippen LogP contribution >= 0.6 is 0 Å². The molecule has 12 heteroatoms. The number of hydrogen-bond donors (Lipinski definition) is 0. The molecule has 1 heterocycles. The summed E-state index contributed by atoms with van der Waals surface area (Å²) in [4.78, 5) is 26.1. The van der Waals surface area contributed by atoms with E-state index in [1.807, 2.05) is 24.1 Å². The monoisotopic (exact) mass is 534 g/mol. The molecule has 0 fully saturated rings. The molecule has 0 N–H and O–H groups in total. The second kappa shape index (κ2) is 10.1. The fourth-order valence-corrected chi connectivity index (χ4v) is 5.29. The second-order valence-corrected chi connectivity index (χ2v) is 8.95. The van der Waals surface area contributed by atoms with E-state index in [2.05, 4.69) is 10.3 Å². The molecule has 1 aromatic heterocycles. The maximum atomic E-state index is 13.2. The van der Waals surface area contributed by atoms with Crippen LogP contribution in [0.3, 0.4) is 0 Å². The molecular formula is C27H26N4O8. The van der Waals surface area contributed by atoms with Gasteiger partial charge in [0.15, 0.2) is 22.8 Å². The quantitative estimate of drug-likeness (QED) is 0.247.